The maximum Gasteiger partial charge on any atom is 0.223 e. The van der Waals surface area contributed by atoms with Crippen molar-refractivity contribution in [3.05, 3.63) is 28.8 Å². The zero-order chi connectivity index (χ0) is 16.3. The summed E-state index contributed by atoms with van der Waals surface area (Å²) in [5.41, 5.74) is 9.09. The lowest BCUT2D eigenvalue weighted by atomic mass is 9.96. The molecular weight excluding hydrogens is 312 g/mol. The molecule has 1 aliphatic carbocycles. The Morgan fingerprint density at radius 1 is 1.35 bits per heavy atom. The highest BCUT2D eigenvalue weighted by atomic mass is 35.5. The van der Waals surface area contributed by atoms with Crippen molar-refractivity contribution in [2.45, 2.75) is 52.5 Å². The van der Waals surface area contributed by atoms with Crippen molar-refractivity contribution < 1.29 is 9.53 Å². The lowest BCUT2D eigenvalue weighted by molar-refractivity contribution is -0.123. The van der Waals surface area contributed by atoms with Gasteiger partial charge in [0, 0.05) is 6.54 Å². The highest BCUT2D eigenvalue weighted by Crippen LogP contribution is 2.39. The van der Waals surface area contributed by atoms with Crippen LogP contribution in [-0.2, 0) is 4.79 Å². The van der Waals surface area contributed by atoms with E-state index in [1.807, 2.05) is 26.8 Å². The van der Waals surface area contributed by atoms with Gasteiger partial charge in [0.15, 0.2) is 0 Å². The molecule has 5 heteroatoms. The summed E-state index contributed by atoms with van der Waals surface area (Å²) >= 11 is 0. The van der Waals surface area contributed by atoms with Crippen LogP contribution in [0.25, 0.3) is 0 Å². The molecule has 0 bridgehead atoms. The third-order valence-electron chi connectivity index (χ3n) is 4.68. The van der Waals surface area contributed by atoms with Gasteiger partial charge in [-0.2, -0.15) is 0 Å². The number of hydrogen-bond acceptors (Lipinski definition) is 3. The van der Waals surface area contributed by atoms with Crippen LogP contribution in [0.3, 0.4) is 0 Å². The van der Waals surface area contributed by atoms with E-state index in [1.54, 1.807) is 0 Å². The number of halogens is 1. The minimum atomic E-state index is -0.257. The molecular formula is C18H29ClN2O2. The molecule has 0 saturated heterocycles. The zero-order valence-electron chi connectivity index (χ0n) is 14.6. The Bertz CT molecular complexity index is 558. The minimum absolute atomic E-state index is 0. The van der Waals surface area contributed by atoms with Gasteiger partial charge in [0.2, 0.25) is 5.91 Å². The summed E-state index contributed by atoms with van der Waals surface area (Å²) in [6.07, 6.45) is 2.67. The lowest BCUT2D eigenvalue weighted by Gasteiger charge is -2.29. The summed E-state index contributed by atoms with van der Waals surface area (Å²) in [6, 6.07) is 4.16. The van der Waals surface area contributed by atoms with E-state index in [2.05, 4.69) is 18.3 Å². The van der Waals surface area contributed by atoms with Gasteiger partial charge < -0.3 is 15.8 Å². The maximum absolute atomic E-state index is 12.1. The van der Waals surface area contributed by atoms with Gasteiger partial charge in [-0.15, -0.1) is 12.4 Å². The molecule has 1 saturated carbocycles. The molecule has 1 atom stereocenters. The molecule has 0 aliphatic heterocycles. The molecule has 0 heterocycles. The smallest absolute Gasteiger partial charge is 0.223 e. The second kappa shape index (κ2) is 8.02. The fourth-order valence-corrected chi connectivity index (χ4v) is 2.83. The number of carbonyl (C=O) groups is 1. The van der Waals surface area contributed by atoms with Crippen LogP contribution in [0.5, 0.6) is 5.75 Å². The molecule has 1 amide bonds. The Morgan fingerprint density at radius 2 is 2.00 bits per heavy atom. The molecule has 1 fully saturated rings. The topological polar surface area (TPSA) is 64.3 Å². The SMILES string of the molecule is Cc1cc(C)c(C)c(OCCC(=O)NC(C)(CN)C2CC2)c1.Cl. The average Bonchev–Trinajstić information content (AvgIpc) is 3.28. The lowest BCUT2D eigenvalue weighted by Crippen LogP contribution is -2.53. The first-order chi connectivity index (χ1) is 10.4. The first-order valence-corrected chi connectivity index (χ1v) is 8.07. The van der Waals surface area contributed by atoms with E-state index in [4.69, 9.17) is 10.5 Å². The molecule has 130 valence electrons. The Morgan fingerprint density at radius 3 is 2.57 bits per heavy atom. The van der Waals surface area contributed by atoms with Crippen LogP contribution < -0.4 is 15.8 Å². The Kier molecular flexibility index (Phi) is 6.90. The molecule has 0 spiro atoms. The van der Waals surface area contributed by atoms with E-state index in [0.29, 0.717) is 25.5 Å². The van der Waals surface area contributed by atoms with Gasteiger partial charge in [-0.3, -0.25) is 4.79 Å². The van der Waals surface area contributed by atoms with Gasteiger partial charge in [0.1, 0.15) is 5.75 Å². The largest absolute Gasteiger partial charge is 0.493 e. The first-order valence-electron chi connectivity index (χ1n) is 8.07. The molecule has 0 radical (unpaired) electrons. The summed E-state index contributed by atoms with van der Waals surface area (Å²) in [7, 11) is 0. The summed E-state index contributed by atoms with van der Waals surface area (Å²) in [5, 5.41) is 3.08. The van der Waals surface area contributed by atoms with Crippen molar-refractivity contribution in [1.82, 2.24) is 5.32 Å². The molecule has 1 unspecified atom stereocenters. The third kappa shape index (κ3) is 5.11. The van der Waals surface area contributed by atoms with E-state index in [1.165, 1.54) is 11.1 Å². The summed E-state index contributed by atoms with van der Waals surface area (Å²) in [5.74, 6) is 1.42. The third-order valence-corrected chi connectivity index (χ3v) is 4.68. The van der Waals surface area contributed by atoms with Crippen LogP contribution >= 0.6 is 12.4 Å². The fourth-order valence-electron chi connectivity index (χ4n) is 2.83. The zero-order valence-corrected chi connectivity index (χ0v) is 15.4. The molecule has 4 nitrogen and oxygen atoms in total. The highest BCUT2D eigenvalue weighted by molar-refractivity contribution is 5.85. The minimum Gasteiger partial charge on any atom is -0.493 e. The fraction of sp³-hybridized carbons (Fsp3) is 0.611. The number of hydrogen-bond donors (Lipinski definition) is 2. The van der Waals surface area contributed by atoms with Gasteiger partial charge in [-0.05, 0) is 69.2 Å². The van der Waals surface area contributed by atoms with Gasteiger partial charge in [-0.1, -0.05) is 6.07 Å². The Labute approximate surface area is 145 Å². The Balaban J connectivity index is 0.00000264. The number of carbonyl (C=O) groups excluding carboxylic acids is 1. The number of ether oxygens (including phenoxy) is 1. The first kappa shape index (κ1) is 19.8. The summed E-state index contributed by atoms with van der Waals surface area (Å²) in [4.78, 5) is 12.1. The van der Waals surface area contributed by atoms with Crippen molar-refractivity contribution in [3.63, 3.8) is 0 Å². The molecule has 2 rings (SSSR count). The van der Waals surface area contributed by atoms with Crippen molar-refractivity contribution in [2.75, 3.05) is 13.2 Å². The number of rotatable bonds is 7. The van der Waals surface area contributed by atoms with E-state index in [-0.39, 0.29) is 23.9 Å². The van der Waals surface area contributed by atoms with Crippen LogP contribution in [0.4, 0.5) is 0 Å². The highest BCUT2D eigenvalue weighted by Gasteiger charge is 2.41. The molecule has 23 heavy (non-hydrogen) atoms. The van der Waals surface area contributed by atoms with E-state index < -0.39 is 0 Å². The number of benzene rings is 1. The monoisotopic (exact) mass is 340 g/mol. The number of nitrogens with one attached hydrogen (secondary N) is 1. The van der Waals surface area contributed by atoms with Crippen molar-refractivity contribution in [3.8, 4) is 5.75 Å². The van der Waals surface area contributed by atoms with Gasteiger partial charge in [0.05, 0.1) is 18.6 Å². The van der Waals surface area contributed by atoms with E-state index in [0.717, 1.165) is 24.2 Å². The summed E-state index contributed by atoms with van der Waals surface area (Å²) < 4.78 is 5.80. The summed E-state index contributed by atoms with van der Waals surface area (Å²) in [6.45, 7) is 9.08. The quantitative estimate of drug-likeness (QED) is 0.801. The molecule has 0 aromatic heterocycles. The predicted octanol–water partition coefficient (Wildman–Crippen LogP) is 3.05. The average molecular weight is 341 g/mol. The standard InChI is InChI=1S/C18H28N2O2.ClH/c1-12-9-13(2)14(3)16(10-12)22-8-7-17(21)20-18(4,11-19)15-5-6-15;/h9-10,15H,5-8,11,19H2,1-4H3,(H,20,21);1H. The van der Waals surface area contributed by atoms with Crippen LogP contribution in [0.15, 0.2) is 12.1 Å². The maximum atomic E-state index is 12.1. The van der Waals surface area contributed by atoms with Gasteiger partial charge in [-0.25, -0.2) is 0 Å². The number of amides is 1. The second-order valence-electron chi connectivity index (χ2n) is 6.75. The van der Waals surface area contributed by atoms with Crippen LogP contribution in [0.1, 0.15) is 42.9 Å². The van der Waals surface area contributed by atoms with Crippen LogP contribution in [0, 0.1) is 26.7 Å². The van der Waals surface area contributed by atoms with Crippen molar-refractivity contribution >= 4 is 18.3 Å². The Hall–Kier alpha value is -1.26. The van der Waals surface area contributed by atoms with Gasteiger partial charge >= 0.3 is 0 Å². The normalized spacial score (nSPS) is 16.2. The number of aryl methyl sites for hydroxylation is 2. The van der Waals surface area contributed by atoms with E-state index in [9.17, 15) is 4.79 Å². The second-order valence-corrected chi connectivity index (χ2v) is 6.75. The van der Waals surface area contributed by atoms with Crippen molar-refractivity contribution in [1.29, 1.82) is 0 Å². The number of nitrogens with two attached hydrogens (primary N) is 1. The van der Waals surface area contributed by atoms with Crippen LogP contribution in [-0.4, -0.2) is 24.6 Å². The van der Waals surface area contributed by atoms with Crippen LogP contribution in [0.2, 0.25) is 0 Å². The molecule has 1 aliphatic rings. The van der Waals surface area contributed by atoms with Crippen molar-refractivity contribution in [2.24, 2.45) is 11.7 Å². The van der Waals surface area contributed by atoms with Gasteiger partial charge in [0.25, 0.3) is 0 Å². The molecule has 3 N–H and O–H groups in total. The molecule has 1 aromatic rings. The van der Waals surface area contributed by atoms with E-state index >= 15 is 0 Å². The molecule has 1 aromatic carbocycles. The predicted molar refractivity (Wildman–Crippen MR) is 96.3 cm³/mol.